The SMILES string of the molecule is CN(CCc1ccccn1)C(=O)CCc1ccc(Br)cc1. The van der Waals surface area contributed by atoms with Gasteiger partial charge < -0.3 is 4.90 Å². The highest BCUT2D eigenvalue weighted by Gasteiger charge is 2.09. The molecule has 0 spiro atoms. The van der Waals surface area contributed by atoms with Crippen LogP contribution in [0.5, 0.6) is 0 Å². The van der Waals surface area contributed by atoms with E-state index in [1.165, 1.54) is 5.56 Å². The number of hydrogen-bond acceptors (Lipinski definition) is 2. The molecule has 0 N–H and O–H groups in total. The molecule has 0 aliphatic heterocycles. The molecule has 110 valence electrons. The van der Waals surface area contributed by atoms with E-state index in [2.05, 4.69) is 20.9 Å². The topological polar surface area (TPSA) is 33.2 Å². The summed E-state index contributed by atoms with van der Waals surface area (Å²) >= 11 is 3.41. The smallest absolute Gasteiger partial charge is 0.222 e. The molecule has 1 aromatic carbocycles. The zero-order chi connectivity index (χ0) is 15.1. The molecule has 3 nitrogen and oxygen atoms in total. The summed E-state index contributed by atoms with van der Waals surface area (Å²) in [6.45, 7) is 0.705. The molecule has 0 aliphatic rings. The summed E-state index contributed by atoms with van der Waals surface area (Å²) in [7, 11) is 1.85. The standard InChI is InChI=1S/C17H19BrN2O/c1-20(13-11-16-4-2-3-12-19-16)17(21)10-7-14-5-8-15(18)9-6-14/h2-6,8-9,12H,7,10-11,13H2,1H3. The predicted octanol–water partition coefficient (Wildman–Crippen LogP) is 3.48. The third-order valence-corrected chi connectivity index (χ3v) is 3.92. The maximum Gasteiger partial charge on any atom is 0.222 e. The highest BCUT2D eigenvalue weighted by molar-refractivity contribution is 9.10. The van der Waals surface area contributed by atoms with Crippen molar-refractivity contribution in [2.45, 2.75) is 19.3 Å². The van der Waals surface area contributed by atoms with Crippen LogP contribution in [0, 0.1) is 0 Å². The lowest BCUT2D eigenvalue weighted by atomic mass is 10.1. The van der Waals surface area contributed by atoms with E-state index in [-0.39, 0.29) is 5.91 Å². The number of pyridine rings is 1. The Hall–Kier alpha value is -1.68. The maximum absolute atomic E-state index is 12.1. The van der Waals surface area contributed by atoms with Crippen LogP contribution in [-0.4, -0.2) is 29.4 Å². The van der Waals surface area contributed by atoms with Gasteiger partial charge in [0.05, 0.1) is 0 Å². The lowest BCUT2D eigenvalue weighted by Crippen LogP contribution is -2.29. The summed E-state index contributed by atoms with van der Waals surface area (Å²) in [6.07, 6.45) is 3.90. The number of aromatic nitrogens is 1. The van der Waals surface area contributed by atoms with Crippen molar-refractivity contribution in [3.05, 3.63) is 64.4 Å². The number of halogens is 1. The Morgan fingerprint density at radius 1 is 1.14 bits per heavy atom. The van der Waals surface area contributed by atoms with Crippen molar-refractivity contribution < 1.29 is 4.79 Å². The van der Waals surface area contributed by atoms with Gasteiger partial charge in [0.25, 0.3) is 0 Å². The molecule has 2 rings (SSSR count). The molecule has 0 radical (unpaired) electrons. The molecule has 1 heterocycles. The second-order valence-corrected chi connectivity index (χ2v) is 5.93. The first-order valence-electron chi connectivity index (χ1n) is 7.03. The zero-order valence-corrected chi connectivity index (χ0v) is 13.7. The Morgan fingerprint density at radius 3 is 2.57 bits per heavy atom. The number of aryl methyl sites for hydroxylation is 1. The van der Waals surface area contributed by atoms with Gasteiger partial charge in [-0.3, -0.25) is 9.78 Å². The van der Waals surface area contributed by atoms with Crippen molar-refractivity contribution in [3.8, 4) is 0 Å². The van der Waals surface area contributed by atoms with Crippen LogP contribution in [0.25, 0.3) is 0 Å². The van der Waals surface area contributed by atoms with E-state index in [4.69, 9.17) is 0 Å². The highest BCUT2D eigenvalue weighted by atomic mass is 79.9. The number of amides is 1. The molecular weight excluding hydrogens is 328 g/mol. The average molecular weight is 347 g/mol. The summed E-state index contributed by atoms with van der Waals surface area (Å²) in [5, 5.41) is 0. The first-order valence-corrected chi connectivity index (χ1v) is 7.83. The number of likely N-dealkylation sites (N-methyl/N-ethyl adjacent to an activating group) is 1. The minimum Gasteiger partial charge on any atom is -0.345 e. The molecule has 0 fully saturated rings. The summed E-state index contributed by atoms with van der Waals surface area (Å²) < 4.78 is 1.06. The molecule has 0 saturated heterocycles. The van der Waals surface area contributed by atoms with Gasteiger partial charge in [0.1, 0.15) is 0 Å². The van der Waals surface area contributed by atoms with Crippen LogP contribution < -0.4 is 0 Å². The normalized spacial score (nSPS) is 10.4. The number of rotatable bonds is 6. The van der Waals surface area contributed by atoms with Crippen molar-refractivity contribution in [2.75, 3.05) is 13.6 Å². The minimum atomic E-state index is 0.175. The molecule has 1 amide bonds. The molecule has 4 heteroatoms. The summed E-state index contributed by atoms with van der Waals surface area (Å²) in [5.41, 5.74) is 2.20. The molecular formula is C17H19BrN2O. The van der Waals surface area contributed by atoms with Gasteiger partial charge in [-0.05, 0) is 36.2 Å². The van der Waals surface area contributed by atoms with Crippen molar-refractivity contribution in [3.63, 3.8) is 0 Å². The molecule has 0 saturated carbocycles. The van der Waals surface area contributed by atoms with Gasteiger partial charge in [0, 0.05) is 42.8 Å². The molecule has 0 unspecified atom stereocenters. The third kappa shape index (κ3) is 5.31. The monoisotopic (exact) mass is 346 g/mol. The highest BCUT2D eigenvalue weighted by Crippen LogP contribution is 2.12. The first kappa shape index (κ1) is 15.7. The Labute approximate surface area is 134 Å². The second-order valence-electron chi connectivity index (χ2n) is 5.01. The Kier molecular flexibility index (Phi) is 5.93. The molecule has 0 atom stereocenters. The Balaban J connectivity index is 1.76. The van der Waals surface area contributed by atoms with Gasteiger partial charge in [-0.2, -0.15) is 0 Å². The van der Waals surface area contributed by atoms with E-state index < -0.39 is 0 Å². The Morgan fingerprint density at radius 2 is 1.90 bits per heavy atom. The van der Waals surface area contributed by atoms with E-state index in [0.717, 1.165) is 23.0 Å². The lowest BCUT2D eigenvalue weighted by molar-refractivity contribution is -0.129. The maximum atomic E-state index is 12.1. The van der Waals surface area contributed by atoms with Crippen LogP contribution in [0.3, 0.4) is 0 Å². The van der Waals surface area contributed by atoms with Crippen LogP contribution >= 0.6 is 15.9 Å². The quantitative estimate of drug-likeness (QED) is 0.802. The van der Waals surface area contributed by atoms with E-state index in [1.807, 2.05) is 49.5 Å². The molecule has 21 heavy (non-hydrogen) atoms. The molecule has 2 aromatic rings. The first-order chi connectivity index (χ1) is 10.1. The van der Waals surface area contributed by atoms with Crippen LogP contribution in [0.15, 0.2) is 53.1 Å². The number of nitrogens with zero attached hydrogens (tertiary/aromatic N) is 2. The van der Waals surface area contributed by atoms with E-state index in [1.54, 1.807) is 11.1 Å². The van der Waals surface area contributed by atoms with Gasteiger partial charge in [-0.25, -0.2) is 0 Å². The molecule has 0 bridgehead atoms. The third-order valence-electron chi connectivity index (χ3n) is 3.40. The number of benzene rings is 1. The fraction of sp³-hybridized carbons (Fsp3) is 0.294. The van der Waals surface area contributed by atoms with Gasteiger partial charge in [-0.15, -0.1) is 0 Å². The zero-order valence-electron chi connectivity index (χ0n) is 12.1. The summed E-state index contributed by atoms with van der Waals surface area (Å²) in [5.74, 6) is 0.175. The number of carbonyl (C=O) groups excluding carboxylic acids is 1. The molecule has 0 aliphatic carbocycles. The fourth-order valence-electron chi connectivity index (χ4n) is 2.05. The van der Waals surface area contributed by atoms with Crippen molar-refractivity contribution in [2.24, 2.45) is 0 Å². The molecule has 1 aromatic heterocycles. The largest absolute Gasteiger partial charge is 0.345 e. The van der Waals surface area contributed by atoms with Crippen molar-refractivity contribution in [1.29, 1.82) is 0 Å². The van der Waals surface area contributed by atoms with E-state index in [0.29, 0.717) is 13.0 Å². The average Bonchev–Trinajstić information content (AvgIpc) is 2.52. The van der Waals surface area contributed by atoms with Gasteiger partial charge in [0.15, 0.2) is 0 Å². The minimum absolute atomic E-state index is 0.175. The number of hydrogen-bond donors (Lipinski definition) is 0. The number of carbonyl (C=O) groups is 1. The van der Waals surface area contributed by atoms with Gasteiger partial charge >= 0.3 is 0 Å². The van der Waals surface area contributed by atoms with Crippen LogP contribution in [0.4, 0.5) is 0 Å². The van der Waals surface area contributed by atoms with Crippen LogP contribution in [0.1, 0.15) is 17.7 Å². The van der Waals surface area contributed by atoms with Gasteiger partial charge in [0.2, 0.25) is 5.91 Å². The van der Waals surface area contributed by atoms with E-state index in [9.17, 15) is 4.79 Å². The van der Waals surface area contributed by atoms with Crippen LogP contribution in [-0.2, 0) is 17.6 Å². The summed E-state index contributed by atoms with van der Waals surface area (Å²) in [6, 6.07) is 14.0. The summed E-state index contributed by atoms with van der Waals surface area (Å²) in [4.78, 5) is 18.2. The Bertz CT molecular complexity index is 569. The second kappa shape index (κ2) is 7.93. The van der Waals surface area contributed by atoms with E-state index >= 15 is 0 Å². The predicted molar refractivity (Wildman–Crippen MR) is 88.0 cm³/mol. The van der Waals surface area contributed by atoms with Crippen LogP contribution in [0.2, 0.25) is 0 Å². The van der Waals surface area contributed by atoms with Gasteiger partial charge in [-0.1, -0.05) is 34.1 Å². The fourth-order valence-corrected chi connectivity index (χ4v) is 2.31. The van der Waals surface area contributed by atoms with Crippen molar-refractivity contribution >= 4 is 21.8 Å². The van der Waals surface area contributed by atoms with Crippen molar-refractivity contribution in [1.82, 2.24) is 9.88 Å². The lowest BCUT2D eigenvalue weighted by Gasteiger charge is -2.17.